The van der Waals surface area contributed by atoms with Gasteiger partial charge in [0.1, 0.15) is 11.4 Å². The minimum absolute atomic E-state index is 0.0869. The third-order valence-electron chi connectivity index (χ3n) is 5.39. The molecule has 2 aliphatic rings. The van der Waals surface area contributed by atoms with Crippen molar-refractivity contribution in [2.75, 3.05) is 25.1 Å². The molecule has 0 bridgehead atoms. The van der Waals surface area contributed by atoms with Gasteiger partial charge in [0.15, 0.2) is 15.8 Å². The van der Waals surface area contributed by atoms with E-state index in [9.17, 15) is 8.42 Å². The lowest BCUT2D eigenvalue weighted by molar-refractivity contribution is 0.0396. The van der Waals surface area contributed by atoms with Gasteiger partial charge in [-0.3, -0.25) is 4.99 Å². The predicted octanol–water partition coefficient (Wildman–Crippen LogP) is 2.42. The van der Waals surface area contributed by atoms with Crippen molar-refractivity contribution < 1.29 is 13.2 Å². The number of hydrogen-bond acceptors (Lipinski definition) is 4. The fourth-order valence-electron chi connectivity index (χ4n) is 3.90. The molecular formula is C19H29N3O3S. The summed E-state index contributed by atoms with van der Waals surface area (Å²) in [6.07, 6.45) is 5.48. The summed E-state index contributed by atoms with van der Waals surface area (Å²) in [5.74, 6) is 1.85. The van der Waals surface area contributed by atoms with Crippen molar-refractivity contribution in [1.82, 2.24) is 10.6 Å². The number of benzene rings is 1. The van der Waals surface area contributed by atoms with Crippen LogP contribution in [0.25, 0.3) is 0 Å². The number of nitrogens with one attached hydrogen (secondary N) is 2. The van der Waals surface area contributed by atoms with Gasteiger partial charge in [0.25, 0.3) is 0 Å². The van der Waals surface area contributed by atoms with Gasteiger partial charge in [0, 0.05) is 31.3 Å². The first kappa shape index (κ1) is 19.0. The number of rotatable bonds is 5. The number of guanidine groups is 1. The van der Waals surface area contributed by atoms with E-state index >= 15 is 0 Å². The van der Waals surface area contributed by atoms with Crippen LogP contribution in [-0.4, -0.2) is 45.1 Å². The van der Waals surface area contributed by atoms with E-state index in [-0.39, 0.29) is 23.1 Å². The fourth-order valence-corrected chi connectivity index (χ4v) is 4.60. The Morgan fingerprint density at radius 3 is 2.73 bits per heavy atom. The molecule has 0 amide bonds. The van der Waals surface area contributed by atoms with Gasteiger partial charge >= 0.3 is 0 Å². The van der Waals surface area contributed by atoms with Crippen molar-refractivity contribution in [3.05, 3.63) is 29.8 Å². The SMILES string of the molecule is CCS(=O)(=O)CCNC(=NC)NC1CC2(CCCC2)Oc2ccccc21. The Bertz CT molecular complexity index is 755. The van der Waals surface area contributed by atoms with Gasteiger partial charge in [-0.15, -0.1) is 0 Å². The number of para-hydroxylation sites is 1. The number of ether oxygens (including phenoxy) is 1. The Hall–Kier alpha value is -1.76. The summed E-state index contributed by atoms with van der Waals surface area (Å²) in [7, 11) is -1.28. The van der Waals surface area contributed by atoms with E-state index in [0.717, 1.165) is 30.6 Å². The standard InChI is InChI=1S/C19H29N3O3S/c1-3-26(23,24)13-12-21-18(20-2)22-16-14-19(10-6-7-11-19)25-17-9-5-4-8-15(16)17/h4-5,8-9,16H,3,6-7,10-14H2,1-2H3,(H2,20,21,22). The van der Waals surface area contributed by atoms with Crippen molar-refractivity contribution in [3.63, 3.8) is 0 Å². The zero-order valence-corrected chi connectivity index (χ0v) is 16.4. The molecule has 1 heterocycles. The van der Waals surface area contributed by atoms with E-state index in [0.29, 0.717) is 12.5 Å². The molecule has 1 unspecified atom stereocenters. The molecule has 1 aromatic rings. The maximum absolute atomic E-state index is 11.7. The van der Waals surface area contributed by atoms with E-state index in [1.165, 1.54) is 12.8 Å². The van der Waals surface area contributed by atoms with Gasteiger partial charge in [-0.05, 0) is 31.7 Å². The molecule has 6 nitrogen and oxygen atoms in total. The molecule has 1 fully saturated rings. The maximum Gasteiger partial charge on any atom is 0.191 e. The second kappa shape index (κ2) is 7.86. The number of aliphatic imine (C=N–C) groups is 1. The first-order valence-electron chi connectivity index (χ1n) is 9.42. The average Bonchev–Trinajstić information content (AvgIpc) is 3.08. The van der Waals surface area contributed by atoms with E-state index in [1.54, 1.807) is 14.0 Å². The van der Waals surface area contributed by atoms with Crippen LogP contribution in [0, 0.1) is 0 Å². The lowest BCUT2D eigenvalue weighted by atomic mass is 9.86. The molecule has 0 radical (unpaired) electrons. The summed E-state index contributed by atoms with van der Waals surface area (Å²) >= 11 is 0. The largest absolute Gasteiger partial charge is 0.487 e. The molecule has 1 saturated carbocycles. The molecule has 3 rings (SSSR count). The number of fused-ring (bicyclic) bond motifs is 1. The Kier molecular flexibility index (Phi) is 5.75. The van der Waals surface area contributed by atoms with Crippen molar-refractivity contribution >= 4 is 15.8 Å². The molecule has 1 aliphatic heterocycles. The monoisotopic (exact) mass is 379 g/mol. The van der Waals surface area contributed by atoms with Crippen LogP contribution in [0.4, 0.5) is 0 Å². The Balaban J connectivity index is 1.70. The zero-order valence-electron chi connectivity index (χ0n) is 15.6. The lowest BCUT2D eigenvalue weighted by Crippen LogP contribution is -2.47. The fraction of sp³-hybridized carbons (Fsp3) is 0.632. The first-order chi connectivity index (χ1) is 12.5. The van der Waals surface area contributed by atoms with Crippen LogP contribution in [0.1, 0.15) is 50.6 Å². The minimum Gasteiger partial charge on any atom is -0.487 e. The van der Waals surface area contributed by atoms with Gasteiger partial charge in [-0.25, -0.2) is 8.42 Å². The molecule has 1 aromatic carbocycles. The lowest BCUT2D eigenvalue weighted by Gasteiger charge is -2.40. The quantitative estimate of drug-likeness (QED) is 0.607. The highest BCUT2D eigenvalue weighted by molar-refractivity contribution is 7.91. The van der Waals surface area contributed by atoms with Gasteiger partial charge < -0.3 is 15.4 Å². The molecule has 2 N–H and O–H groups in total. The van der Waals surface area contributed by atoms with Crippen LogP contribution in [-0.2, 0) is 9.84 Å². The van der Waals surface area contributed by atoms with E-state index in [2.05, 4.69) is 21.7 Å². The van der Waals surface area contributed by atoms with Crippen molar-refractivity contribution in [1.29, 1.82) is 0 Å². The van der Waals surface area contributed by atoms with Crippen LogP contribution in [0.5, 0.6) is 5.75 Å². The third-order valence-corrected chi connectivity index (χ3v) is 7.10. The summed E-state index contributed by atoms with van der Waals surface area (Å²) in [5, 5.41) is 6.62. The van der Waals surface area contributed by atoms with Crippen LogP contribution in [0.3, 0.4) is 0 Å². The Morgan fingerprint density at radius 1 is 1.31 bits per heavy atom. The second-order valence-electron chi connectivity index (χ2n) is 7.17. The number of hydrogen-bond donors (Lipinski definition) is 2. The second-order valence-corrected chi connectivity index (χ2v) is 9.64. The van der Waals surface area contributed by atoms with Crippen LogP contribution in [0.15, 0.2) is 29.3 Å². The topological polar surface area (TPSA) is 79.8 Å². The zero-order chi connectivity index (χ0) is 18.6. The summed E-state index contributed by atoms with van der Waals surface area (Å²) in [5.41, 5.74) is 1.05. The highest BCUT2D eigenvalue weighted by Crippen LogP contribution is 2.46. The molecule has 1 aliphatic carbocycles. The van der Waals surface area contributed by atoms with E-state index in [1.807, 2.05) is 18.2 Å². The third kappa shape index (κ3) is 4.31. The highest BCUT2D eigenvalue weighted by Gasteiger charge is 2.43. The van der Waals surface area contributed by atoms with E-state index in [4.69, 9.17) is 4.74 Å². The first-order valence-corrected chi connectivity index (χ1v) is 11.2. The van der Waals surface area contributed by atoms with Crippen LogP contribution >= 0.6 is 0 Å². The average molecular weight is 380 g/mol. The Labute approximate surface area is 156 Å². The Morgan fingerprint density at radius 2 is 2.04 bits per heavy atom. The normalized spacial score (nSPS) is 21.9. The molecule has 0 saturated heterocycles. The van der Waals surface area contributed by atoms with Crippen molar-refractivity contribution in [3.8, 4) is 5.75 Å². The molecule has 1 spiro atoms. The maximum atomic E-state index is 11.7. The summed E-state index contributed by atoms with van der Waals surface area (Å²) < 4.78 is 29.7. The molecule has 144 valence electrons. The summed E-state index contributed by atoms with van der Waals surface area (Å²) in [6.45, 7) is 2.02. The summed E-state index contributed by atoms with van der Waals surface area (Å²) in [4.78, 5) is 4.27. The smallest absolute Gasteiger partial charge is 0.191 e. The number of sulfone groups is 1. The van der Waals surface area contributed by atoms with Gasteiger partial charge in [-0.1, -0.05) is 25.1 Å². The number of nitrogens with zero attached hydrogens (tertiary/aromatic N) is 1. The predicted molar refractivity (Wildman–Crippen MR) is 104 cm³/mol. The summed E-state index contributed by atoms with van der Waals surface area (Å²) in [6, 6.07) is 8.25. The molecule has 7 heteroatoms. The molecule has 1 atom stereocenters. The van der Waals surface area contributed by atoms with Crippen LogP contribution in [0.2, 0.25) is 0 Å². The van der Waals surface area contributed by atoms with Gasteiger partial charge in [0.05, 0.1) is 11.8 Å². The van der Waals surface area contributed by atoms with Crippen LogP contribution < -0.4 is 15.4 Å². The molecular weight excluding hydrogens is 350 g/mol. The molecule has 26 heavy (non-hydrogen) atoms. The van der Waals surface area contributed by atoms with E-state index < -0.39 is 9.84 Å². The van der Waals surface area contributed by atoms with Gasteiger partial charge in [0.2, 0.25) is 0 Å². The van der Waals surface area contributed by atoms with Crippen molar-refractivity contribution in [2.45, 2.75) is 50.7 Å². The van der Waals surface area contributed by atoms with Crippen molar-refractivity contribution in [2.24, 2.45) is 4.99 Å². The van der Waals surface area contributed by atoms with Gasteiger partial charge in [-0.2, -0.15) is 0 Å². The minimum atomic E-state index is -2.99. The highest BCUT2D eigenvalue weighted by atomic mass is 32.2. The molecule has 0 aromatic heterocycles.